The monoisotopic (exact) mass is 340 g/mol. The van der Waals surface area contributed by atoms with E-state index in [-0.39, 0.29) is 11.5 Å². The predicted molar refractivity (Wildman–Crippen MR) is 101 cm³/mol. The van der Waals surface area contributed by atoms with Crippen molar-refractivity contribution in [3.05, 3.63) is 58.5 Å². The first-order chi connectivity index (χ1) is 12.1. The molecule has 1 N–H and O–H groups in total. The van der Waals surface area contributed by atoms with Crippen molar-refractivity contribution in [3.8, 4) is 0 Å². The minimum absolute atomic E-state index is 0.173. The van der Waals surface area contributed by atoms with Gasteiger partial charge in [-0.25, -0.2) is 4.98 Å². The fraction of sp³-hybridized carbons (Fsp3) is 0.316. The average molecular weight is 340 g/mol. The van der Waals surface area contributed by atoms with Gasteiger partial charge in [-0.3, -0.25) is 14.0 Å². The molecule has 0 spiro atoms. The minimum Gasteiger partial charge on any atom is -0.351 e. The number of pyridine rings is 1. The number of amides is 1. The van der Waals surface area contributed by atoms with Gasteiger partial charge in [0.05, 0.1) is 16.5 Å². The summed E-state index contributed by atoms with van der Waals surface area (Å²) in [7, 11) is 3.88. The van der Waals surface area contributed by atoms with Crippen molar-refractivity contribution in [3.63, 3.8) is 0 Å². The molecule has 3 aromatic rings. The lowest BCUT2D eigenvalue weighted by molar-refractivity contribution is 0.0952. The van der Waals surface area contributed by atoms with Gasteiger partial charge in [0.25, 0.3) is 11.5 Å². The van der Waals surface area contributed by atoms with Gasteiger partial charge < -0.3 is 10.2 Å². The van der Waals surface area contributed by atoms with Crippen LogP contribution in [0.1, 0.15) is 24.2 Å². The average Bonchev–Trinajstić information content (AvgIpc) is 2.63. The highest BCUT2D eigenvalue weighted by molar-refractivity contribution is 6.00. The first-order valence-electron chi connectivity index (χ1n) is 8.41. The lowest BCUT2D eigenvalue weighted by atomic mass is 10.2. The summed E-state index contributed by atoms with van der Waals surface area (Å²) in [6.07, 6.45) is 1.63. The second kappa shape index (κ2) is 8.39. The second-order valence-corrected chi connectivity index (χ2v) is 5.61. The fourth-order valence-corrected chi connectivity index (χ4v) is 2.44. The quantitative estimate of drug-likeness (QED) is 0.739. The molecular weight excluding hydrogens is 316 g/mol. The van der Waals surface area contributed by atoms with E-state index in [1.54, 1.807) is 36.5 Å². The highest BCUT2D eigenvalue weighted by Gasteiger charge is 2.13. The molecular formula is C19H24N4O2. The number of fused-ring (bicyclic) bond motifs is 2. The van der Waals surface area contributed by atoms with Crippen LogP contribution in [0.5, 0.6) is 0 Å². The van der Waals surface area contributed by atoms with Crippen LogP contribution in [0.15, 0.2) is 47.4 Å². The summed E-state index contributed by atoms with van der Waals surface area (Å²) < 4.78 is 1.42. The van der Waals surface area contributed by atoms with Gasteiger partial charge >= 0.3 is 0 Å². The van der Waals surface area contributed by atoms with E-state index in [1.165, 1.54) is 4.40 Å². The maximum absolute atomic E-state index is 12.6. The zero-order chi connectivity index (χ0) is 18.4. The lowest BCUT2D eigenvalue weighted by Crippen LogP contribution is -2.32. The minimum atomic E-state index is -0.230. The van der Waals surface area contributed by atoms with Crippen molar-refractivity contribution in [2.45, 2.75) is 13.8 Å². The second-order valence-electron chi connectivity index (χ2n) is 5.61. The van der Waals surface area contributed by atoms with Crippen LogP contribution in [0.4, 0.5) is 0 Å². The first kappa shape index (κ1) is 18.6. The summed E-state index contributed by atoms with van der Waals surface area (Å²) in [5.74, 6) is -0.230. The number of benzene rings is 1. The fourth-order valence-electron chi connectivity index (χ4n) is 2.44. The molecule has 0 atom stereocenters. The topological polar surface area (TPSA) is 66.7 Å². The Morgan fingerprint density at radius 1 is 1.16 bits per heavy atom. The Hall–Kier alpha value is -2.73. The number of rotatable bonds is 4. The Bertz CT molecular complexity index is 931. The number of para-hydroxylation sites is 1. The summed E-state index contributed by atoms with van der Waals surface area (Å²) >= 11 is 0. The van der Waals surface area contributed by atoms with Crippen LogP contribution >= 0.6 is 0 Å². The maximum atomic E-state index is 12.6. The molecule has 0 fully saturated rings. The molecule has 0 aliphatic carbocycles. The molecule has 3 rings (SSSR count). The molecule has 0 aliphatic rings. The Balaban J connectivity index is 0.00000109. The molecule has 0 radical (unpaired) electrons. The van der Waals surface area contributed by atoms with Crippen LogP contribution in [-0.2, 0) is 0 Å². The van der Waals surface area contributed by atoms with Gasteiger partial charge in [-0.1, -0.05) is 26.0 Å². The third-order valence-electron chi connectivity index (χ3n) is 3.64. The molecule has 0 unspecified atom stereocenters. The molecule has 2 heterocycles. The van der Waals surface area contributed by atoms with Crippen LogP contribution in [0, 0.1) is 0 Å². The van der Waals surface area contributed by atoms with Gasteiger partial charge in [-0.2, -0.15) is 0 Å². The van der Waals surface area contributed by atoms with Crippen molar-refractivity contribution < 1.29 is 4.79 Å². The predicted octanol–water partition coefficient (Wildman–Crippen LogP) is 2.17. The van der Waals surface area contributed by atoms with E-state index in [9.17, 15) is 9.59 Å². The van der Waals surface area contributed by atoms with E-state index in [0.29, 0.717) is 28.7 Å². The van der Waals surface area contributed by atoms with Gasteiger partial charge in [-0.15, -0.1) is 0 Å². The number of carbonyl (C=O) groups is 1. The molecule has 2 aromatic heterocycles. The van der Waals surface area contributed by atoms with E-state index < -0.39 is 0 Å². The van der Waals surface area contributed by atoms with Crippen molar-refractivity contribution in [1.82, 2.24) is 19.6 Å². The highest BCUT2D eigenvalue weighted by Crippen LogP contribution is 2.12. The number of nitrogens with one attached hydrogen (secondary N) is 1. The van der Waals surface area contributed by atoms with Crippen molar-refractivity contribution in [2.24, 2.45) is 0 Å². The Kier molecular flexibility index (Phi) is 6.25. The van der Waals surface area contributed by atoms with Crippen LogP contribution in [0.2, 0.25) is 0 Å². The van der Waals surface area contributed by atoms with E-state index >= 15 is 0 Å². The molecule has 132 valence electrons. The van der Waals surface area contributed by atoms with Crippen LogP contribution in [0.3, 0.4) is 0 Å². The SMILES string of the molecule is CC.CN(C)CCNC(=O)c1cccn2c(=O)c3ccccc3nc12. The Labute approximate surface area is 147 Å². The Morgan fingerprint density at radius 2 is 1.88 bits per heavy atom. The first-order valence-corrected chi connectivity index (χ1v) is 8.41. The van der Waals surface area contributed by atoms with Gasteiger partial charge in [-0.05, 0) is 38.4 Å². The van der Waals surface area contributed by atoms with Crippen molar-refractivity contribution >= 4 is 22.5 Å². The third kappa shape index (κ3) is 4.03. The molecule has 0 saturated carbocycles. The summed E-state index contributed by atoms with van der Waals surface area (Å²) in [6, 6.07) is 10.5. The summed E-state index contributed by atoms with van der Waals surface area (Å²) in [6.45, 7) is 5.28. The number of hydrogen-bond acceptors (Lipinski definition) is 4. The van der Waals surface area contributed by atoms with Gasteiger partial charge in [0.2, 0.25) is 0 Å². The molecule has 6 nitrogen and oxygen atoms in total. The molecule has 6 heteroatoms. The smallest absolute Gasteiger partial charge is 0.265 e. The molecule has 1 aromatic carbocycles. The van der Waals surface area contributed by atoms with Gasteiger partial charge in [0.15, 0.2) is 5.65 Å². The number of likely N-dealkylation sites (N-methyl/N-ethyl adjacent to an activating group) is 1. The summed E-state index contributed by atoms with van der Waals surface area (Å²) in [4.78, 5) is 31.4. The van der Waals surface area contributed by atoms with E-state index in [1.807, 2.05) is 38.9 Å². The number of nitrogens with zero attached hydrogens (tertiary/aromatic N) is 3. The number of carbonyl (C=O) groups excluding carboxylic acids is 1. The standard InChI is InChI=1S/C17H18N4O2.C2H6/c1-20(2)11-9-18-16(22)13-7-5-10-21-15(13)19-14-8-4-3-6-12(14)17(21)23;1-2/h3-8,10H,9,11H2,1-2H3,(H,18,22);1-2H3. The number of aromatic nitrogens is 2. The molecule has 1 amide bonds. The molecule has 0 aliphatic heterocycles. The zero-order valence-electron chi connectivity index (χ0n) is 15.1. The van der Waals surface area contributed by atoms with Crippen LogP contribution < -0.4 is 10.9 Å². The zero-order valence-corrected chi connectivity index (χ0v) is 15.1. The molecule has 0 saturated heterocycles. The summed E-state index contributed by atoms with van der Waals surface area (Å²) in [5.41, 5.74) is 1.19. The normalized spacial score (nSPS) is 10.6. The van der Waals surface area contributed by atoms with Crippen LogP contribution in [-0.4, -0.2) is 47.4 Å². The number of hydrogen-bond donors (Lipinski definition) is 1. The molecule has 25 heavy (non-hydrogen) atoms. The largest absolute Gasteiger partial charge is 0.351 e. The summed E-state index contributed by atoms with van der Waals surface area (Å²) in [5, 5.41) is 3.39. The van der Waals surface area contributed by atoms with Crippen molar-refractivity contribution in [2.75, 3.05) is 27.2 Å². The third-order valence-corrected chi connectivity index (χ3v) is 3.64. The van der Waals surface area contributed by atoms with E-state index in [2.05, 4.69) is 10.3 Å². The van der Waals surface area contributed by atoms with Gasteiger partial charge in [0, 0.05) is 19.3 Å². The lowest BCUT2D eigenvalue weighted by Gasteiger charge is -2.11. The van der Waals surface area contributed by atoms with E-state index in [0.717, 1.165) is 6.54 Å². The van der Waals surface area contributed by atoms with Crippen LogP contribution in [0.25, 0.3) is 16.6 Å². The van der Waals surface area contributed by atoms with Gasteiger partial charge in [0.1, 0.15) is 0 Å². The maximum Gasteiger partial charge on any atom is 0.265 e. The van der Waals surface area contributed by atoms with E-state index in [4.69, 9.17) is 0 Å². The molecule has 0 bridgehead atoms. The highest BCUT2D eigenvalue weighted by atomic mass is 16.2. The van der Waals surface area contributed by atoms with Crippen molar-refractivity contribution in [1.29, 1.82) is 0 Å². The Morgan fingerprint density at radius 3 is 2.60 bits per heavy atom.